The Kier molecular flexibility index (Phi) is 6.19. The molecule has 5 nitrogen and oxygen atoms in total. The predicted molar refractivity (Wildman–Crippen MR) is 121 cm³/mol. The summed E-state index contributed by atoms with van der Waals surface area (Å²) in [4.78, 5) is 19.7. The van der Waals surface area contributed by atoms with Crippen molar-refractivity contribution in [2.24, 2.45) is 0 Å². The number of fused-ring (bicyclic) bond motifs is 2. The van der Waals surface area contributed by atoms with Crippen LogP contribution in [0.5, 0.6) is 5.75 Å². The summed E-state index contributed by atoms with van der Waals surface area (Å²) in [5.41, 5.74) is 3.85. The van der Waals surface area contributed by atoms with Gasteiger partial charge < -0.3 is 14.4 Å². The molecule has 0 unspecified atom stereocenters. The number of likely N-dealkylation sites (tertiary alicyclic amines) is 2. The van der Waals surface area contributed by atoms with Crippen molar-refractivity contribution in [2.75, 3.05) is 33.4 Å². The minimum Gasteiger partial charge on any atom is -0.491 e. The number of piperazine rings is 1. The van der Waals surface area contributed by atoms with Crippen LogP contribution in [0, 0.1) is 20.8 Å². The lowest BCUT2D eigenvalue weighted by Crippen LogP contribution is -2.49. The van der Waals surface area contributed by atoms with E-state index in [4.69, 9.17) is 9.47 Å². The number of hydrogen-bond donors (Lipinski definition) is 0. The molecule has 1 amide bonds. The van der Waals surface area contributed by atoms with E-state index in [0.29, 0.717) is 31.3 Å². The minimum absolute atomic E-state index is 0.206. The van der Waals surface area contributed by atoms with Gasteiger partial charge in [0, 0.05) is 43.2 Å². The van der Waals surface area contributed by atoms with Crippen molar-refractivity contribution in [3.05, 3.63) is 50.7 Å². The highest BCUT2D eigenvalue weighted by atomic mass is 32.1. The molecule has 4 rings (SSSR count). The van der Waals surface area contributed by atoms with E-state index in [1.807, 2.05) is 12.1 Å². The van der Waals surface area contributed by atoms with Crippen LogP contribution in [0.4, 0.5) is 0 Å². The molecule has 2 aromatic rings. The molecule has 30 heavy (non-hydrogen) atoms. The van der Waals surface area contributed by atoms with Crippen molar-refractivity contribution in [3.63, 3.8) is 0 Å². The summed E-state index contributed by atoms with van der Waals surface area (Å²) in [6.45, 7) is 11.6. The van der Waals surface area contributed by atoms with Crippen LogP contribution < -0.4 is 4.74 Å². The highest BCUT2D eigenvalue weighted by Gasteiger charge is 2.47. The summed E-state index contributed by atoms with van der Waals surface area (Å²) in [6.07, 6.45) is 1.08. The van der Waals surface area contributed by atoms with Crippen LogP contribution in [-0.2, 0) is 4.74 Å². The molecule has 2 aliphatic heterocycles. The van der Waals surface area contributed by atoms with Gasteiger partial charge in [0.1, 0.15) is 12.4 Å². The number of carbonyl (C=O) groups excluding carboxylic acids is 1. The van der Waals surface area contributed by atoms with Crippen LogP contribution in [0.15, 0.2) is 24.3 Å². The minimum atomic E-state index is 0.206. The van der Waals surface area contributed by atoms with E-state index in [2.05, 4.69) is 49.6 Å². The van der Waals surface area contributed by atoms with Crippen molar-refractivity contribution >= 4 is 17.2 Å². The van der Waals surface area contributed by atoms with Gasteiger partial charge in [0.05, 0.1) is 11.5 Å². The normalized spacial score (nSPS) is 22.0. The summed E-state index contributed by atoms with van der Waals surface area (Å²) < 4.78 is 11.0. The van der Waals surface area contributed by atoms with Gasteiger partial charge in [-0.05, 0) is 69.0 Å². The van der Waals surface area contributed by atoms with E-state index < -0.39 is 0 Å². The zero-order valence-electron chi connectivity index (χ0n) is 18.6. The van der Waals surface area contributed by atoms with E-state index in [-0.39, 0.29) is 5.91 Å². The van der Waals surface area contributed by atoms with Gasteiger partial charge in [-0.3, -0.25) is 9.69 Å². The SMILES string of the molecule is COCCOc1ccc([C@H](C)N2C[C@@H]3C[C@H]2CN3C(=O)c2ccc(C)s2)c(C)c1C. The maximum atomic E-state index is 12.9. The first-order valence-corrected chi connectivity index (χ1v) is 11.6. The number of methoxy groups -OCH3 is 1. The molecular weight excluding hydrogens is 396 g/mol. The Morgan fingerprint density at radius 3 is 2.53 bits per heavy atom. The molecule has 1 aromatic heterocycles. The fraction of sp³-hybridized carbons (Fsp3) is 0.542. The van der Waals surface area contributed by atoms with Crippen LogP contribution >= 0.6 is 11.3 Å². The number of ether oxygens (including phenoxy) is 2. The van der Waals surface area contributed by atoms with Gasteiger partial charge in [-0.1, -0.05) is 6.07 Å². The van der Waals surface area contributed by atoms with E-state index in [1.54, 1.807) is 18.4 Å². The second kappa shape index (κ2) is 8.69. The molecule has 2 fully saturated rings. The Hall–Kier alpha value is -1.89. The average Bonchev–Trinajstić information content (AvgIpc) is 3.46. The smallest absolute Gasteiger partial charge is 0.264 e. The standard InChI is InChI=1S/C24H32N2O3S/c1-15-6-9-23(30-15)24(27)26-14-19-12-20(26)13-25(19)18(4)21-7-8-22(17(3)16(21)2)29-11-10-28-5/h6-9,18-20H,10-14H2,1-5H3/t18-,19-,20-/m0/s1. The van der Waals surface area contributed by atoms with Crippen molar-refractivity contribution in [1.29, 1.82) is 0 Å². The molecule has 0 spiro atoms. The van der Waals surface area contributed by atoms with E-state index in [0.717, 1.165) is 30.1 Å². The Labute approximate surface area is 183 Å². The highest BCUT2D eigenvalue weighted by Crippen LogP contribution is 2.39. The molecule has 0 saturated carbocycles. The number of nitrogens with zero attached hydrogens (tertiary/aromatic N) is 2. The molecule has 2 aliphatic rings. The van der Waals surface area contributed by atoms with Crippen molar-refractivity contribution in [1.82, 2.24) is 9.80 Å². The number of aryl methyl sites for hydroxylation is 1. The fourth-order valence-corrected chi connectivity index (χ4v) is 5.77. The van der Waals surface area contributed by atoms with Crippen LogP contribution in [-0.4, -0.2) is 61.2 Å². The van der Waals surface area contributed by atoms with Gasteiger partial charge >= 0.3 is 0 Å². The van der Waals surface area contributed by atoms with E-state index >= 15 is 0 Å². The molecule has 3 heterocycles. The quantitative estimate of drug-likeness (QED) is 0.615. The number of hydrogen-bond acceptors (Lipinski definition) is 5. The Bertz CT molecular complexity index is 925. The topological polar surface area (TPSA) is 42.0 Å². The largest absolute Gasteiger partial charge is 0.491 e. The molecule has 2 saturated heterocycles. The van der Waals surface area contributed by atoms with E-state index in [1.165, 1.54) is 21.6 Å². The summed E-state index contributed by atoms with van der Waals surface area (Å²) in [5, 5.41) is 0. The molecule has 3 atom stereocenters. The van der Waals surface area contributed by atoms with Gasteiger partial charge in [-0.15, -0.1) is 11.3 Å². The lowest BCUT2D eigenvalue weighted by molar-refractivity contribution is 0.0573. The second-order valence-electron chi connectivity index (χ2n) is 8.53. The molecular formula is C24H32N2O3S. The van der Waals surface area contributed by atoms with Gasteiger partial charge in [0.2, 0.25) is 0 Å². The lowest BCUT2D eigenvalue weighted by Gasteiger charge is -2.38. The monoisotopic (exact) mass is 428 g/mol. The third-order valence-corrected chi connectivity index (χ3v) is 7.76. The number of carbonyl (C=O) groups is 1. The summed E-state index contributed by atoms with van der Waals surface area (Å²) in [6, 6.07) is 9.39. The number of amides is 1. The molecule has 0 N–H and O–H groups in total. The Balaban J connectivity index is 1.44. The van der Waals surface area contributed by atoms with Gasteiger partial charge in [-0.25, -0.2) is 0 Å². The van der Waals surface area contributed by atoms with Crippen molar-refractivity contribution in [3.8, 4) is 5.75 Å². The van der Waals surface area contributed by atoms with Gasteiger partial charge in [0.15, 0.2) is 0 Å². The average molecular weight is 429 g/mol. The first-order valence-electron chi connectivity index (χ1n) is 10.8. The number of rotatable bonds is 7. The van der Waals surface area contributed by atoms with Crippen molar-refractivity contribution in [2.45, 2.75) is 52.2 Å². The molecule has 162 valence electrons. The molecule has 0 radical (unpaired) electrons. The fourth-order valence-electron chi connectivity index (χ4n) is 4.95. The van der Waals surface area contributed by atoms with Gasteiger partial charge in [-0.2, -0.15) is 0 Å². The van der Waals surface area contributed by atoms with Crippen LogP contribution in [0.1, 0.15) is 50.6 Å². The number of benzene rings is 1. The highest BCUT2D eigenvalue weighted by molar-refractivity contribution is 7.13. The Morgan fingerprint density at radius 1 is 1.10 bits per heavy atom. The third kappa shape index (κ3) is 3.88. The predicted octanol–water partition coefficient (Wildman–Crippen LogP) is 4.36. The van der Waals surface area contributed by atoms with Crippen LogP contribution in [0.2, 0.25) is 0 Å². The first kappa shape index (κ1) is 21.3. The first-order chi connectivity index (χ1) is 14.4. The zero-order valence-corrected chi connectivity index (χ0v) is 19.4. The van der Waals surface area contributed by atoms with Crippen molar-refractivity contribution < 1.29 is 14.3 Å². The maximum Gasteiger partial charge on any atom is 0.264 e. The van der Waals surface area contributed by atoms with Crippen LogP contribution in [0.3, 0.4) is 0 Å². The molecule has 6 heteroatoms. The lowest BCUT2D eigenvalue weighted by atomic mass is 9.96. The second-order valence-corrected chi connectivity index (χ2v) is 9.82. The zero-order chi connectivity index (χ0) is 21.4. The molecule has 0 aliphatic carbocycles. The third-order valence-electron chi connectivity index (χ3n) is 6.77. The van der Waals surface area contributed by atoms with E-state index in [9.17, 15) is 4.79 Å². The molecule has 1 aromatic carbocycles. The Morgan fingerprint density at radius 2 is 1.90 bits per heavy atom. The summed E-state index contributed by atoms with van der Waals surface area (Å²) >= 11 is 1.60. The summed E-state index contributed by atoms with van der Waals surface area (Å²) in [7, 11) is 1.69. The summed E-state index contributed by atoms with van der Waals surface area (Å²) in [5.74, 6) is 1.14. The van der Waals surface area contributed by atoms with Gasteiger partial charge in [0.25, 0.3) is 5.91 Å². The van der Waals surface area contributed by atoms with Crippen LogP contribution in [0.25, 0.3) is 0 Å². The molecule has 2 bridgehead atoms. The number of thiophene rings is 1. The maximum absolute atomic E-state index is 12.9.